The summed E-state index contributed by atoms with van der Waals surface area (Å²) in [5.74, 6) is 0. The fourth-order valence-electron chi connectivity index (χ4n) is 1.36. The highest BCUT2D eigenvalue weighted by Gasteiger charge is 2.15. The van der Waals surface area contributed by atoms with Gasteiger partial charge in [0.1, 0.15) is 11.4 Å². The standard InChI is InChI=1S/C9H11N5OS/c1-6-7(4-15)8(14(3)12-6)16-9-11-10-5-13(9)2/h4-5H,1-3H3. The van der Waals surface area contributed by atoms with Gasteiger partial charge in [-0.05, 0) is 18.7 Å². The van der Waals surface area contributed by atoms with Crippen LogP contribution >= 0.6 is 11.8 Å². The van der Waals surface area contributed by atoms with Gasteiger partial charge in [0.25, 0.3) is 0 Å². The van der Waals surface area contributed by atoms with Crippen molar-refractivity contribution in [2.45, 2.75) is 17.1 Å². The van der Waals surface area contributed by atoms with Gasteiger partial charge in [0.2, 0.25) is 0 Å². The van der Waals surface area contributed by atoms with E-state index in [1.165, 1.54) is 11.8 Å². The third kappa shape index (κ3) is 1.73. The Morgan fingerprint density at radius 1 is 1.44 bits per heavy atom. The molecule has 0 aliphatic carbocycles. The molecule has 6 nitrogen and oxygen atoms in total. The minimum atomic E-state index is 0.607. The first-order valence-corrected chi connectivity index (χ1v) is 5.45. The van der Waals surface area contributed by atoms with Gasteiger partial charge in [-0.2, -0.15) is 5.10 Å². The fourth-order valence-corrected chi connectivity index (χ4v) is 2.29. The number of aromatic nitrogens is 5. The van der Waals surface area contributed by atoms with Crippen molar-refractivity contribution in [3.63, 3.8) is 0 Å². The number of carbonyl (C=O) groups is 1. The van der Waals surface area contributed by atoms with Crippen molar-refractivity contribution in [2.24, 2.45) is 14.1 Å². The van der Waals surface area contributed by atoms with Gasteiger partial charge in [-0.15, -0.1) is 10.2 Å². The zero-order valence-electron chi connectivity index (χ0n) is 9.21. The maximum Gasteiger partial charge on any atom is 0.197 e. The largest absolute Gasteiger partial charge is 0.311 e. The SMILES string of the molecule is Cc1nn(C)c(Sc2nncn2C)c1C=O. The van der Waals surface area contributed by atoms with Crippen LogP contribution < -0.4 is 0 Å². The monoisotopic (exact) mass is 237 g/mol. The van der Waals surface area contributed by atoms with Crippen LogP contribution in [0.4, 0.5) is 0 Å². The molecule has 0 aliphatic rings. The van der Waals surface area contributed by atoms with Gasteiger partial charge in [0, 0.05) is 14.1 Å². The Morgan fingerprint density at radius 2 is 2.19 bits per heavy atom. The van der Waals surface area contributed by atoms with E-state index in [1.807, 2.05) is 14.0 Å². The van der Waals surface area contributed by atoms with E-state index in [1.54, 1.807) is 22.6 Å². The molecule has 2 aromatic rings. The molecule has 0 radical (unpaired) electrons. The lowest BCUT2D eigenvalue weighted by Crippen LogP contribution is -1.96. The fraction of sp³-hybridized carbons (Fsp3) is 0.333. The lowest BCUT2D eigenvalue weighted by atomic mass is 10.3. The average Bonchev–Trinajstić information content (AvgIpc) is 2.74. The molecule has 0 saturated carbocycles. The number of carbonyl (C=O) groups excluding carboxylic acids is 1. The van der Waals surface area contributed by atoms with Crippen LogP contribution in [-0.4, -0.2) is 30.8 Å². The maximum atomic E-state index is 11.0. The predicted octanol–water partition coefficient (Wildman–Crippen LogP) is 0.821. The van der Waals surface area contributed by atoms with Gasteiger partial charge >= 0.3 is 0 Å². The van der Waals surface area contributed by atoms with Crippen molar-refractivity contribution in [1.29, 1.82) is 0 Å². The van der Waals surface area contributed by atoms with Crippen LogP contribution in [0, 0.1) is 6.92 Å². The van der Waals surface area contributed by atoms with Gasteiger partial charge in [-0.1, -0.05) is 0 Å². The first-order chi connectivity index (χ1) is 7.63. The minimum absolute atomic E-state index is 0.607. The molecule has 2 rings (SSSR count). The van der Waals surface area contributed by atoms with Crippen molar-refractivity contribution in [1.82, 2.24) is 24.5 Å². The van der Waals surface area contributed by atoms with E-state index in [4.69, 9.17) is 0 Å². The van der Waals surface area contributed by atoms with Crippen LogP contribution in [0.5, 0.6) is 0 Å². The Bertz CT molecular complexity index is 530. The van der Waals surface area contributed by atoms with E-state index in [0.29, 0.717) is 5.56 Å². The Balaban J connectivity index is 2.41. The zero-order valence-corrected chi connectivity index (χ0v) is 10.0. The maximum absolute atomic E-state index is 11.0. The van der Waals surface area contributed by atoms with E-state index < -0.39 is 0 Å². The van der Waals surface area contributed by atoms with Crippen LogP contribution in [-0.2, 0) is 14.1 Å². The summed E-state index contributed by atoms with van der Waals surface area (Å²) in [5.41, 5.74) is 1.33. The summed E-state index contributed by atoms with van der Waals surface area (Å²) in [6.45, 7) is 1.81. The first-order valence-electron chi connectivity index (χ1n) is 4.64. The van der Waals surface area contributed by atoms with E-state index in [0.717, 1.165) is 22.2 Å². The lowest BCUT2D eigenvalue weighted by Gasteiger charge is -2.01. The highest BCUT2D eigenvalue weighted by atomic mass is 32.2. The van der Waals surface area contributed by atoms with Crippen LogP contribution in [0.25, 0.3) is 0 Å². The number of hydrogen-bond acceptors (Lipinski definition) is 5. The van der Waals surface area contributed by atoms with Crippen molar-refractivity contribution in [2.75, 3.05) is 0 Å². The second kappa shape index (κ2) is 4.09. The summed E-state index contributed by atoms with van der Waals surface area (Å²) in [5, 5.41) is 13.4. The van der Waals surface area contributed by atoms with Crippen LogP contribution in [0.15, 0.2) is 16.5 Å². The smallest absolute Gasteiger partial charge is 0.197 e. The molecule has 0 unspecified atom stereocenters. The van der Waals surface area contributed by atoms with E-state index in [9.17, 15) is 4.79 Å². The average molecular weight is 237 g/mol. The number of nitrogens with zero attached hydrogens (tertiary/aromatic N) is 5. The molecule has 0 amide bonds. The minimum Gasteiger partial charge on any atom is -0.311 e. The van der Waals surface area contributed by atoms with Gasteiger partial charge in [0.15, 0.2) is 11.4 Å². The molecule has 16 heavy (non-hydrogen) atoms. The second-order valence-corrected chi connectivity index (χ2v) is 4.33. The van der Waals surface area contributed by atoms with E-state index >= 15 is 0 Å². The number of aryl methyl sites for hydroxylation is 3. The molecule has 0 bridgehead atoms. The molecular weight excluding hydrogens is 226 g/mol. The summed E-state index contributed by atoms with van der Waals surface area (Å²) in [7, 11) is 3.66. The molecule has 0 aromatic carbocycles. The highest BCUT2D eigenvalue weighted by molar-refractivity contribution is 7.99. The molecule has 0 atom stereocenters. The number of aldehydes is 1. The number of hydrogen-bond donors (Lipinski definition) is 0. The van der Waals surface area contributed by atoms with Crippen molar-refractivity contribution >= 4 is 18.0 Å². The van der Waals surface area contributed by atoms with Gasteiger partial charge in [0.05, 0.1) is 11.3 Å². The number of rotatable bonds is 3. The van der Waals surface area contributed by atoms with Crippen LogP contribution in [0.1, 0.15) is 16.1 Å². The van der Waals surface area contributed by atoms with Gasteiger partial charge in [-0.25, -0.2) is 0 Å². The van der Waals surface area contributed by atoms with Gasteiger partial charge in [-0.3, -0.25) is 9.48 Å². The third-order valence-electron chi connectivity index (χ3n) is 2.19. The van der Waals surface area contributed by atoms with Crippen molar-refractivity contribution in [3.05, 3.63) is 17.6 Å². The van der Waals surface area contributed by atoms with Crippen LogP contribution in [0.2, 0.25) is 0 Å². The third-order valence-corrected chi connectivity index (χ3v) is 3.42. The molecule has 7 heteroatoms. The molecule has 84 valence electrons. The molecule has 2 heterocycles. The highest BCUT2D eigenvalue weighted by Crippen LogP contribution is 2.28. The van der Waals surface area contributed by atoms with Crippen molar-refractivity contribution < 1.29 is 4.79 Å². The Morgan fingerprint density at radius 3 is 2.75 bits per heavy atom. The Labute approximate surface area is 96.7 Å². The molecule has 0 N–H and O–H groups in total. The predicted molar refractivity (Wildman–Crippen MR) is 58.5 cm³/mol. The summed E-state index contributed by atoms with van der Waals surface area (Å²) in [6.07, 6.45) is 2.44. The topological polar surface area (TPSA) is 65.6 Å². The Kier molecular flexibility index (Phi) is 2.78. The molecule has 0 saturated heterocycles. The summed E-state index contributed by atoms with van der Waals surface area (Å²) in [4.78, 5) is 11.0. The molecule has 0 fully saturated rings. The zero-order chi connectivity index (χ0) is 11.7. The van der Waals surface area contributed by atoms with Crippen molar-refractivity contribution in [3.8, 4) is 0 Å². The lowest BCUT2D eigenvalue weighted by molar-refractivity contribution is 0.112. The first kappa shape index (κ1) is 10.9. The summed E-state index contributed by atoms with van der Waals surface area (Å²) >= 11 is 1.38. The summed E-state index contributed by atoms with van der Waals surface area (Å²) < 4.78 is 3.47. The molecular formula is C9H11N5OS. The quantitative estimate of drug-likeness (QED) is 0.739. The van der Waals surface area contributed by atoms with Gasteiger partial charge < -0.3 is 4.57 Å². The summed E-state index contributed by atoms with van der Waals surface area (Å²) in [6, 6.07) is 0. The van der Waals surface area contributed by atoms with Crippen LogP contribution in [0.3, 0.4) is 0 Å². The second-order valence-electron chi connectivity index (χ2n) is 3.37. The normalized spacial score (nSPS) is 10.7. The van der Waals surface area contributed by atoms with E-state index in [2.05, 4.69) is 15.3 Å². The molecule has 0 spiro atoms. The molecule has 0 aliphatic heterocycles. The Hall–Kier alpha value is -1.63. The molecule has 2 aromatic heterocycles. The van der Waals surface area contributed by atoms with E-state index in [-0.39, 0.29) is 0 Å².